The van der Waals surface area contributed by atoms with E-state index in [0.717, 1.165) is 37.2 Å². The molecule has 0 aliphatic heterocycles. The van der Waals surface area contributed by atoms with Crippen molar-refractivity contribution in [2.45, 2.75) is 19.4 Å². The van der Waals surface area contributed by atoms with E-state index in [1.54, 1.807) is 0 Å². The van der Waals surface area contributed by atoms with Gasteiger partial charge in [0.2, 0.25) is 0 Å². The van der Waals surface area contributed by atoms with Crippen LogP contribution in [0.15, 0.2) is 24.3 Å². The van der Waals surface area contributed by atoms with Crippen LogP contribution in [0.3, 0.4) is 0 Å². The molecule has 0 heterocycles. The molecule has 1 fully saturated rings. The summed E-state index contributed by atoms with van der Waals surface area (Å²) in [6.45, 7) is 3.55. The minimum Gasteiger partial charge on any atom is -0.380 e. The summed E-state index contributed by atoms with van der Waals surface area (Å²) in [5.74, 6) is 0.858. The molecule has 0 saturated heterocycles. The van der Waals surface area contributed by atoms with Crippen LogP contribution in [0, 0.1) is 5.92 Å². The van der Waals surface area contributed by atoms with Crippen molar-refractivity contribution in [3.63, 3.8) is 0 Å². The van der Waals surface area contributed by atoms with Gasteiger partial charge in [-0.3, -0.25) is 0 Å². The van der Waals surface area contributed by atoms with Gasteiger partial charge in [0.05, 0.1) is 6.61 Å². The summed E-state index contributed by atoms with van der Waals surface area (Å²) in [6, 6.07) is 7.92. The molecule has 0 bridgehead atoms. The molecule has 1 aromatic carbocycles. The molecule has 1 aromatic rings. The van der Waals surface area contributed by atoms with E-state index in [-0.39, 0.29) is 0 Å². The Balaban J connectivity index is 1.51. The maximum atomic E-state index is 5.81. The maximum absolute atomic E-state index is 5.81. The van der Waals surface area contributed by atoms with E-state index in [9.17, 15) is 0 Å². The van der Waals surface area contributed by atoms with Crippen LogP contribution in [0.4, 0.5) is 0 Å². The molecule has 1 aliphatic rings. The van der Waals surface area contributed by atoms with Crippen LogP contribution >= 0.6 is 11.6 Å². The predicted molar refractivity (Wildman–Crippen MR) is 66.7 cm³/mol. The molecule has 2 nitrogen and oxygen atoms in total. The molecular weight excluding hydrogens is 222 g/mol. The smallest absolute Gasteiger partial charge is 0.0591 e. The zero-order chi connectivity index (χ0) is 11.2. The summed E-state index contributed by atoms with van der Waals surface area (Å²) in [4.78, 5) is 0. The Morgan fingerprint density at radius 2 is 2.00 bits per heavy atom. The maximum Gasteiger partial charge on any atom is 0.0591 e. The van der Waals surface area contributed by atoms with Crippen molar-refractivity contribution in [3.05, 3.63) is 34.9 Å². The van der Waals surface area contributed by atoms with E-state index in [0.29, 0.717) is 0 Å². The van der Waals surface area contributed by atoms with E-state index in [4.69, 9.17) is 16.3 Å². The van der Waals surface area contributed by atoms with Crippen molar-refractivity contribution in [3.8, 4) is 0 Å². The summed E-state index contributed by atoms with van der Waals surface area (Å²) in [5.41, 5.74) is 1.26. The lowest BCUT2D eigenvalue weighted by molar-refractivity contribution is 0.126. The third-order valence-electron chi connectivity index (χ3n) is 2.72. The van der Waals surface area contributed by atoms with Crippen LogP contribution in [0.5, 0.6) is 0 Å². The molecule has 0 aromatic heterocycles. The third-order valence-corrected chi connectivity index (χ3v) is 2.97. The zero-order valence-corrected chi connectivity index (χ0v) is 10.2. The van der Waals surface area contributed by atoms with Gasteiger partial charge >= 0.3 is 0 Å². The molecule has 0 radical (unpaired) electrons. The van der Waals surface area contributed by atoms with Crippen LogP contribution in [-0.2, 0) is 11.3 Å². The summed E-state index contributed by atoms with van der Waals surface area (Å²) >= 11 is 5.81. The van der Waals surface area contributed by atoms with Crippen LogP contribution in [-0.4, -0.2) is 19.8 Å². The van der Waals surface area contributed by atoms with Crippen molar-refractivity contribution in [1.82, 2.24) is 5.32 Å². The molecular formula is C13H18ClNO. The standard InChI is InChI=1S/C13H18ClNO/c14-13-5-3-11(4-6-13)9-15-7-8-16-10-12-1-2-12/h3-6,12,15H,1-2,7-10H2. The summed E-state index contributed by atoms with van der Waals surface area (Å²) in [7, 11) is 0. The van der Waals surface area contributed by atoms with E-state index in [1.165, 1.54) is 18.4 Å². The monoisotopic (exact) mass is 239 g/mol. The minimum absolute atomic E-state index is 0.788. The molecule has 0 unspecified atom stereocenters. The first-order valence-electron chi connectivity index (χ1n) is 5.87. The van der Waals surface area contributed by atoms with Gasteiger partial charge in [0, 0.05) is 24.7 Å². The number of hydrogen-bond acceptors (Lipinski definition) is 2. The Labute approximate surface area is 102 Å². The van der Waals surface area contributed by atoms with Crippen molar-refractivity contribution in [2.75, 3.05) is 19.8 Å². The average molecular weight is 240 g/mol. The fourth-order valence-corrected chi connectivity index (χ4v) is 1.64. The van der Waals surface area contributed by atoms with E-state index < -0.39 is 0 Å². The fourth-order valence-electron chi connectivity index (χ4n) is 1.51. The van der Waals surface area contributed by atoms with Crippen LogP contribution in [0.1, 0.15) is 18.4 Å². The molecule has 1 aliphatic carbocycles. The Hall–Kier alpha value is -0.570. The fraction of sp³-hybridized carbons (Fsp3) is 0.538. The molecule has 0 amide bonds. The third kappa shape index (κ3) is 4.52. The van der Waals surface area contributed by atoms with Crippen LogP contribution in [0.25, 0.3) is 0 Å². The van der Waals surface area contributed by atoms with Crippen molar-refractivity contribution in [1.29, 1.82) is 0 Å². The van der Waals surface area contributed by atoms with Crippen molar-refractivity contribution >= 4 is 11.6 Å². The lowest BCUT2D eigenvalue weighted by Crippen LogP contribution is -2.19. The minimum atomic E-state index is 0.788. The average Bonchev–Trinajstić information content (AvgIpc) is 3.10. The SMILES string of the molecule is Clc1ccc(CNCCOCC2CC2)cc1. The number of hydrogen-bond donors (Lipinski definition) is 1. The first-order chi connectivity index (χ1) is 7.84. The summed E-state index contributed by atoms with van der Waals surface area (Å²) in [6.07, 6.45) is 2.72. The molecule has 2 rings (SSSR count). The first-order valence-corrected chi connectivity index (χ1v) is 6.25. The van der Waals surface area contributed by atoms with Gasteiger partial charge in [-0.1, -0.05) is 23.7 Å². The largest absolute Gasteiger partial charge is 0.380 e. The molecule has 88 valence electrons. The van der Waals surface area contributed by atoms with Crippen molar-refractivity contribution in [2.24, 2.45) is 5.92 Å². The predicted octanol–water partition coefficient (Wildman–Crippen LogP) is 2.86. The second-order valence-electron chi connectivity index (χ2n) is 4.32. The lowest BCUT2D eigenvalue weighted by atomic mass is 10.2. The number of rotatable bonds is 7. The Bertz CT molecular complexity index is 308. The highest BCUT2D eigenvalue weighted by Crippen LogP contribution is 2.28. The Morgan fingerprint density at radius 3 is 2.69 bits per heavy atom. The van der Waals surface area contributed by atoms with E-state index in [2.05, 4.69) is 5.32 Å². The van der Waals surface area contributed by atoms with Gasteiger partial charge in [-0.05, 0) is 36.5 Å². The second kappa shape index (κ2) is 6.24. The summed E-state index contributed by atoms with van der Waals surface area (Å²) in [5, 5.41) is 4.14. The van der Waals surface area contributed by atoms with Gasteiger partial charge in [-0.15, -0.1) is 0 Å². The number of benzene rings is 1. The molecule has 0 spiro atoms. The van der Waals surface area contributed by atoms with Crippen LogP contribution in [0.2, 0.25) is 5.02 Å². The Kier molecular flexibility index (Phi) is 4.64. The quantitative estimate of drug-likeness (QED) is 0.739. The highest BCUT2D eigenvalue weighted by Gasteiger charge is 2.20. The molecule has 1 saturated carbocycles. The molecule has 3 heteroatoms. The van der Waals surface area contributed by atoms with Crippen molar-refractivity contribution < 1.29 is 4.74 Å². The van der Waals surface area contributed by atoms with E-state index >= 15 is 0 Å². The zero-order valence-electron chi connectivity index (χ0n) is 9.42. The van der Waals surface area contributed by atoms with Gasteiger partial charge in [-0.25, -0.2) is 0 Å². The number of nitrogens with one attached hydrogen (secondary N) is 1. The summed E-state index contributed by atoms with van der Waals surface area (Å²) < 4.78 is 5.53. The molecule has 1 N–H and O–H groups in total. The number of ether oxygens (including phenoxy) is 1. The van der Waals surface area contributed by atoms with Gasteiger partial charge in [0.15, 0.2) is 0 Å². The highest BCUT2D eigenvalue weighted by molar-refractivity contribution is 6.30. The topological polar surface area (TPSA) is 21.3 Å². The van der Waals surface area contributed by atoms with Crippen LogP contribution < -0.4 is 5.32 Å². The number of halogens is 1. The first kappa shape index (κ1) is 11.9. The Morgan fingerprint density at radius 1 is 1.25 bits per heavy atom. The molecule has 16 heavy (non-hydrogen) atoms. The second-order valence-corrected chi connectivity index (χ2v) is 4.76. The van der Waals surface area contributed by atoms with E-state index in [1.807, 2.05) is 24.3 Å². The van der Waals surface area contributed by atoms with Gasteiger partial charge in [0.25, 0.3) is 0 Å². The molecule has 0 atom stereocenters. The highest BCUT2D eigenvalue weighted by atomic mass is 35.5. The lowest BCUT2D eigenvalue weighted by Gasteiger charge is -2.05. The van der Waals surface area contributed by atoms with Gasteiger partial charge in [-0.2, -0.15) is 0 Å². The van der Waals surface area contributed by atoms with Gasteiger partial charge in [0.1, 0.15) is 0 Å². The normalized spacial score (nSPS) is 15.3. The van der Waals surface area contributed by atoms with Gasteiger partial charge < -0.3 is 10.1 Å².